The van der Waals surface area contributed by atoms with Gasteiger partial charge in [-0.3, -0.25) is 0 Å². The number of rotatable bonds is 6. The molecule has 1 aliphatic rings. The molecule has 100 valence electrons. The molecule has 2 heteroatoms. The van der Waals surface area contributed by atoms with Crippen LogP contribution in [0.25, 0.3) is 0 Å². The monoisotopic (exact) mass is 247 g/mol. The van der Waals surface area contributed by atoms with E-state index in [4.69, 9.17) is 4.74 Å². The quantitative estimate of drug-likeness (QED) is 0.834. The Hall–Kier alpha value is -0.860. The van der Waals surface area contributed by atoms with Crippen molar-refractivity contribution in [3.05, 3.63) is 35.4 Å². The molecule has 0 spiro atoms. The third-order valence-electron chi connectivity index (χ3n) is 3.77. The third-order valence-corrected chi connectivity index (χ3v) is 3.77. The number of ether oxygens (including phenoxy) is 1. The molecular formula is C16H25NO. The fraction of sp³-hybridized carbons (Fsp3) is 0.625. The van der Waals surface area contributed by atoms with Gasteiger partial charge in [-0.1, -0.05) is 31.2 Å². The Bertz CT molecular complexity index is 358. The van der Waals surface area contributed by atoms with Crippen molar-refractivity contribution in [1.29, 1.82) is 0 Å². The van der Waals surface area contributed by atoms with E-state index in [1.54, 1.807) is 0 Å². The first-order valence-electron chi connectivity index (χ1n) is 7.20. The van der Waals surface area contributed by atoms with Gasteiger partial charge in [-0.15, -0.1) is 0 Å². The number of aryl methyl sites for hydroxylation is 1. The lowest BCUT2D eigenvalue weighted by atomic mass is 9.96. The minimum Gasteiger partial charge on any atom is -0.377 e. The summed E-state index contributed by atoms with van der Waals surface area (Å²) in [6, 6.07) is 9.15. The minimum atomic E-state index is 0.399. The number of hydrogen-bond donors (Lipinski definition) is 1. The van der Waals surface area contributed by atoms with E-state index in [2.05, 4.69) is 43.4 Å². The van der Waals surface area contributed by atoms with Gasteiger partial charge in [0.05, 0.1) is 6.10 Å². The van der Waals surface area contributed by atoms with Crippen LogP contribution in [0.1, 0.15) is 37.3 Å². The van der Waals surface area contributed by atoms with Crippen molar-refractivity contribution in [3.8, 4) is 0 Å². The van der Waals surface area contributed by atoms with E-state index in [0.29, 0.717) is 12.1 Å². The highest BCUT2D eigenvalue weighted by atomic mass is 16.5. The summed E-state index contributed by atoms with van der Waals surface area (Å²) in [7, 11) is 0. The van der Waals surface area contributed by atoms with Crippen molar-refractivity contribution >= 4 is 0 Å². The van der Waals surface area contributed by atoms with Crippen molar-refractivity contribution in [2.75, 3.05) is 13.2 Å². The van der Waals surface area contributed by atoms with Crippen LogP contribution in [0.2, 0.25) is 0 Å². The Labute approximate surface area is 111 Å². The highest BCUT2D eigenvalue weighted by molar-refractivity contribution is 5.26. The Balaban J connectivity index is 2.02. The molecule has 0 aliphatic carbocycles. The summed E-state index contributed by atoms with van der Waals surface area (Å²) in [5, 5.41) is 3.66. The molecule has 1 aliphatic heterocycles. The second-order valence-corrected chi connectivity index (χ2v) is 5.24. The molecule has 1 fully saturated rings. The van der Waals surface area contributed by atoms with Crippen LogP contribution in [0, 0.1) is 6.92 Å². The summed E-state index contributed by atoms with van der Waals surface area (Å²) in [5.74, 6) is 0. The summed E-state index contributed by atoms with van der Waals surface area (Å²) in [6.07, 6.45) is 5.07. The van der Waals surface area contributed by atoms with Crippen LogP contribution >= 0.6 is 0 Å². The van der Waals surface area contributed by atoms with E-state index < -0.39 is 0 Å². The maximum Gasteiger partial charge on any atom is 0.0732 e. The van der Waals surface area contributed by atoms with E-state index >= 15 is 0 Å². The summed E-state index contributed by atoms with van der Waals surface area (Å²) >= 11 is 0. The Morgan fingerprint density at radius 1 is 1.39 bits per heavy atom. The van der Waals surface area contributed by atoms with Crippen LogP contribution in [0.15, 0.2) is 24.3 Å². The van der Waals surface area contributed by atoms with Gasteiger partial charge < -0.3 is 10.1 Å². The van der Waals surface area contributed by atoms with Crippen molar-refractivity contribution in [1.82, 2.24) is 5.32 Å². The Kier molecular flexibility index (Phi) is 5.21. The van der Waals surface area contributed by atoms with Crippen molar-refractivity contribution < 1.29 is 4.74 Å². The van der Waals surface area contributed by atoms with E-state index in [1.807, 2.05) is 0 Å². The molecule has 2 nitrogen and oxygen atoms in total. The fourth-order valence-corrected chi connectivity index (χ4v) is 2.66. The first-order valence-corrected chi connectivity index (χ1v) is 7.20. The van der Waals surface area contributed by atoms with E-state index in [-0.39, 0.29) is 0 Å². The van der Waals surface area contributed by atoms with Crippen molar-refractivity contribution in [2.24, 2.45) is 0 Å². The Morgan fingerprint density at radius 2 is 2.22 bits per heavy atom. The molecule has 1 N–H and O–H groups in total. The molecule has 2 atom stereocenters. The zero-order chi connectivity index (χ0) is 12.8. The minimum absolute atomic E-state index is 0.399. The van der Waals surface area contributed by atoms with Gasteiger partial charge in [-0.05, 0) is 50.3 Å². The maximum atomic E-state index is 5.86. The van der Waals surface area contributed by atoms with Crippen molar-refractivity contribution in [3.63, 3.8) is 0 Å². The average Bonchev–Trinajstić information content (AvgIpc) is 2.90. The second kappa shape index (κ2) is 6.91. The lowest BCUT2D eigenvalue weighted by molar-refractivity contribution is 0.0783. The summed E-state index contributed by atoms with van der Waals surface area (Å²) in [6.45, 7) is 6.42. The largest absolute Gasteiger partial charge is 0.377 e. The molecule has 0 saturated carbocycles. The molecule has 1 aromatic carbocycles. The number of benzene rings is 1. The molecule has 1 saturated heterocycles. The highest BCUT2D eigenvalue weighted by Gasteiger charge is 2.25. The normalized spacial score (nSPS) is 21.1. The number of nitrogens with one attached hydrogen (secondary N) is 1. The topological polar surface area (TPSA) is 21.3 Å². The summed E-state index contributed by atoms with van der Waals surface area (Å²) in [5.41, 5.74) is 2.83. The highest BCUT2D eigenvalue weighted by Crippen LogP contribution is 2.20. The molecule has 2 unspecified atom stereocenters. The summed E-state index contributed by atoms with van der Waals surface area (Å²) in [4.78, 5) is 0. The lowest BCUT2D eigenvalue weighted by Gasteiger charge is -2.25. The van der Waals surface area contributed by atoms with Gasteiger partial charge >= 0.3 is 0 Å². The maximum absolute atomic E-state index is 5.86. The molecule has 1 heterocycles. The first kappa shape index (κ1) is 13.6. The van der Waals surface area contributed by atoms with Crippen LogP contribution in [0.3, 0.4) is 0 Å². The predicted molar refractivity (Wildman–Crippen MR) is 75.9 cm³/mol. The van der Waals surface area contributed by atoms with Gasteiger partial charge in [0.1, 0.15) is 0 Å². The molecule has 0 radical (unpaired) electrons. The Morgan fingerprint density at radius 3 is 2.89 bits per heavy atom. The van der Waals surface area contributed by atoms with Crippen LogP contribution in [0.5, 0.6) is 0 Å². The van der Waals surface area contributed by atoms with Crippen LogP contribution in [0.4, 0.5) is 0 Å². The van der Waals surface area contributed by atoms with Gasteiger partial charge in [0.25, 0.3) is 0 Å². The average molecular weight is 247 g/mol. The van der Waals surface area contributed by atoms with E-state index in [0.717, 1.165) is 19.6 Å². The van der Waals surface area contributed by atoms with Crippen LogP contribution in [-0.2, 0) is 11.2 Å². The van der Waals surface area contributed by atoms with Crippen LogP contribution < -0.4 is 5.32 Å². The zero-order valence-corrected chi connectivity index (χ0v) is 11.6. The van der Waals surface area contributed by atoms with E-state index in [9.17, 15) is 0 Å². The second-order valence-electron chi connectivity index (χ2n) is 5.24. The van der Waals surface area contributed by atoms with Crippen molar-refractivity contribution in [2.45, 2.75) is 51.7 Å². The van der Waals surface area contributed by atoms with Gasteiger partial charge in [0, 0.05) is 12.6 Å². The smallest absolute Gasteiger partial charge is 0.0732 e. The molecule has 0 amide bonds. The van der Waals surface area contributed by atoms with Gasteiger partial charge in [0.15, 0.2) is 0 Å². The molecule has 2 rings (SSSR count). The molecule has 0 bridgehead atoms. The predicted octanol–water partition coefficient (Wildman–Crippen LogP) is 3.08. The third kappa shape index (κ3) is 3.56. The summed E-state index contributed by atoms with van der Waals surface area (Å²) < 4.78 is 5.86. The SMILES string of the molecule is CCCNC(Cc1ccccc1C)C1CCCO1. The lowest BCUT2D eigenvalue weighted by Crippen LogP contribution is -2.41. The molecule has 1 aromatic rings. The molecule has 18 heavy (non-hydrogen) atoms. The zero-order valence-electron chi connectivity index (χ0n) is 11.6. The van der Waals surface area contributed by atoms with Gasteiger partial charge in [-0.2, -0.15) is 0 Å². The van der Waals surface area contributed by atoms with Gasteiger partial charge in [0.2, 0.25) is 0 Å². The van der Waals surface area contributed by atoms with Crippen LogP contribution in [-0.4, -0.2) is 25.3 Å². The first-order chi connectivity index (χ1) is 8.81. The number of hydrogen-bond acceptors (Lipinski definition) is 2. The molecule has 0 aromatic heterocycles. The van der Waals surface area contributed by atoms with E-state index in [1.165, 1.54) is 30.4 Å². The molecular weight excluding hydrogens is 222 g/mol. The standard InChI is InChI=1S/C16H25NO/c1-3-10-17-15(16-9-6-11-18-16)12-14-8-5-4-7-13(14)2/h4-5,7-8,15-17H,3,6,9-12H2,1-2H3. The fourth-order valence-electron chi connectivity index (χ4n) is 2.66. The van der Waals surface area contributed by atoms with Gasteiger partial charge in [-0.25, -0.2) is 0 Å².